The van der Waals surface area contributed by atoms with Gasteiger partial charge in [-0.25, -0.2) is 8.42 Å². The van der Waals surface area contributed by atoms with E-state index >= 15 is 0 Å². The molecule has 0 saturated carbocycles. The maximum atomic E-state index is 12.6. The van der Waals surface area contributed by atoms with E-state index in [2.05, 4.69) is 10.2 Å². The second-order valence-corrected chi connectivity index (χ2v) is 9.94. The quantitative estimate of drug-likeness (QED) is 0.854. The predicted octanol–water partition coefficient (Wildman–Crippen LogP) is 1.91. The number of furan rings is 2. The molecule has 4 rings (SSSR count). The number of aryl methyl sites for hydroxylation is 2. The summed E-state index contributed by atoms with van der Waals surface area (Å²) >= 11 is 0. The zero-order valence-electron chi connectivity index (χ0n) is 15.5. The van der Waals surface area contributed by atoms with Crippen LogP contribution in [0.25, 0.3) is 0 Å². The van der Waals surface area contributed by atoms with Crippen molar-refractivity contribution in [1.29, 1.82) is 0 Å². The molecule has 27 heavy (non-hydrogen) atoms. The van der Waals surface area contributed by atoms with Gasteiger partial charge in [-0.3, -0.25) is 9.69 Å². The molecule has 2 aliphatic rings. The summed E-state index contributed by atoms with van der Waals surface area (Å²) in [5, 5.41) is 2.57. The first-order valence-corrected chi connectivity index (χ1v) is 10.9. The predicted molar refractivity (Wildman–Crippen MR) is 99.1 cm³/mol. The lowest BCUT2D eigenvalue weighted by atomic mass is 9.95. The SMILES string of the molecule is Cc1cc(CN2C[C@H]3[C@@H](C2)S(=O)(=O)CC[C@H]3NC(=O)c2ccoc2)oc1C. The van der Waals surface area contributed by atoms with Crippen LogP contribution in [0.2, 0.25) is 0 Å². The summed E-state index contributed by atoms with van der Waals surface area (Å²) in [6, 6.07) is 3.45. The number of hydrogen-bond donors (Lipinski definition) is 1. The number of carbonyl (C=O) groups is 1. The second kappa shape index (κ2) is 6.83. The van der Waals surface area contributed by atoms with Crippen LogP contribution < -0.4 is 5.32 Å². The van der Waals surface area contributed by atoms with Crippen LogP contribution in [0, 0.1) is 19.8 Å². The van der Waals surface area contributed by atoms with Crippen LogP contribution in [-0.4, -0.2) is 49.4 Å². The maximum absolute atomic E-state index is 12.6. The van der Waals surface area contributed by atoms with Gasteiger partial charge in [0.1, 0.15) is 17.8 Å². The van der Waals surface area contributed by atoms with Crippen molar-refractivity contribution >= 4 is 15.7 Å². The molecule has 0 bridgehead atoms. The highest BCUT2D eigenvalue weighted by atomic mass is 32.2. The Labute approximate surface area is 158 Å². The van der Waals surface area contributed by atoms with Gasteiger partial charge in [0, 0.05) is 25.0 Å². The minimum atomic E-state index is -3.15. The third kappa shape index (κ3) is 3.55. The first-order chi connectivity index (χ1) is 12.8. The third-order valence-corrected chi connectivity index (χ3v) is 8.00. The van der Waals surface area contributed by atoms with E-state index in [0.717, 1.165) is 17.1 Å². The van der Waals surface area contributed by atoms with Crippen molar-refractivity contribution in [1.82, 2.24) is 10.2 Å². The molecule has 0 unspecified atom stereocenters. The summed E-state index contributed by atoms with van der Waals surface area (Å²) in [6.45, 7) is 5.61. The topological polar surface area (TPSA) is 92.8 Å². The van der Waals surface area contributed by atoms with Gasteiger partial charge in [0.15, 0.2) is 9.84 Å². The van der Waals surface area contributed by atoms with Crippen LogP contribution in [0.5, 0.6) is 0 Å². The Morgan fingerprint density at radius 3 is 2.81 bits per heavy atom. The number of sulfone groups is 1. The van der Waals surface area contributed by atoms with E-state index in [0.29, 0.717) is 31.6 Å². The van der Waals surface area contributed by atoms with Gasteiger partial charge in [0.2, 0.25) is 0 Å². The molecule has 1 N–H and O–H groups in total. The zero-order valence-corrected chi connectivity index (χ0v) is 16.3. The number of nitrogens with zero attached hydrogens (tertiary/aromatic N) is 1. The summed E-state index contributed by atoms with van der Waals surface area (Å²) in [5.41, 5.74) is 1.55. The highest BCUT2D eigenvalue weighted by Gasteiger charge is 2.48. The molecule has 0 aliphatic carbocycles. The molecule has 2 aliphatic heterocycles. The molecule has 146 valence electrons. The normalized spacial score (nSPS) is 27.4. The van der Waals surface area contributed by atoms with E-state index in [1.807, 2.05) is 19.9 Å². The van der Waals surface area contributed by atoms with Gasteiger partial charge >= 0.3 is 0 Å². The highest BCUT2D eigenvalue weighted by molar-refractivity contribution is 7.92. The molecule has 0 aromatic carbocycles. The van der Waals surface area contributed by atoms with E-state index in [4.69, 9.17) is 8.83 Å². The van der Waals surface area contributed by atoms with Crippen molar-refractivity contribution in [2.45, 2.75) is 38.1 Å². The number of nitrogens with one attached hydrogen (secondary N) is 1. The molecule has 1 amide bonds. The minimum absolute atomic E-state index is 0.108. The number of likely N-dealkylation sites (tertiary alicyclic amines) is 1. The molecule has 3 atom stereocenters. The Hall–Kier alpha value is -2.06. The molecule has 8 heteroatoms. The first-order valence-electron chi connectivity index (χ1n) is 9.16. The van der Waals surface area contributed by atoms with E-state index in [9.17, 15) is 13.2 Å². The molecule has 7 nitrogen and oxygen atoms in total. The van der Waals surface area contributed by atoms with Gasteiger partial charge in [0.05, 0.1) is 29.4 Å². The molecule has 2 aromatic rings. The standard InChI is InChI=1S/C19H24N2O5S/c1-12-7-15(26-13(12)2)8-21-9-16-17(4-6-27(23,24)18(16)10-21)20-19(22)14-3-5-25-11-14/h3,5,7,11,16-18H,4,6,8-10H2,1-2H3,(H,20,22)/t16-,17-,18-/m1/s1. The van der Waals surface area contributed by atoms with E-state index in [1.54, 1.807) is 6.07 Å². The lowest BCUT2D eigenvalue weighted by Crippen LogP contribution is -2.51. The highest BCUT2D eigenvalue weighted by Crippen LogP contribution is 2.34. The average Bonchev–Trinajstić information content (AvgIpc) is 3.32. The summed E-state index contributed by atoms with van der Waals surface area (Å²) in [7, 11) is -3.15. The lowest BCUT2D eigenvalue weighted by molar-refractivity contribution is 0.0918. The molecular weight excluding hydrogens is 368 g/mol. The van der Waals surface area contributed by atoms with Crippen LogP contribution in [0.15, 0.2) is 33.5 Å². The summed E-state index contributed by atoms with van der Waals surface area (Å²) < 4.78 is 35.9. The van der Waals surface area contributed by atoms with E-state index in [1.165, 1.54) is 12.5 Å². The number of carbonyl (C=O) groups excluding carboxylic acids is 1. The fraction of sp³-hybridized carbons (Fsp3) is 0.526. The second-order valence-electron chi connectivity index (χ2n) is 7.60. The van der Waals surface area contributed by atoms with Gasteiger partial charge in [-0.15, -0.1) is 0 Å². The molecule has 2 saturated heterocycles. The molecule has 0 spiro atoms. The van der Waals surface area contributed by atoms with Crippen LogP contribution >= 0.6 is 0 Å². The first kappa shape index (κ1) is 18.3. The van der Waals surface area contributed by atoms with Crippen molar-refractivity contribution in [3.8, 4) is 0 Å². The number of amides is 1. The molecule has 4 heterocycles. The van der Waals surface area contributed by atoms with Crippen LogP contribution in [0.4, 0.5) is 0 Å². The Bertz CT molecular complexity index is 912. The van der Waals surface area contributed by atoms with Crippen molar-refractivity contribution in [3.05, 3.63) is 47.3 Å². The Kier molecular flexibility index (Phi) is 4.63. The number of rotatable bonds is 4. The molecule has 0 radical (unpaired) electrons. The number of fused-ring (bicyclic) bond motifs is 1. The third-order valence-electron chi connectivity index (χ3n) is 5.77. The lowest BCUT2D eigenvalue weighted by Gasteiger charge is -2.33. The van der Waals surface area contributed by atoms with Crippen molar-refractivity contribution in [3.63, 3.8) is 0 Å². The van der Waals surface area contributed by atoms with Crippen LogP contribution in [0.1, 0.15) is 33.9 Å². The summed E-state index contributed by atoms with van der Waals surface area (Å²) in [5.74, 6) is 1.51. The number of hydrogen-bond acceptors (Lipinski definition) is 6. The van der Waals surface area contributed by atoms with Gasteiger partial charge in [0.25, 0.3) is 5.91 Å². The maximum Gasteiger partial charge on any atom is 0.254 e. The zero-order chi connectivity index (χ0) is 19.2. The molecular formula is C19H24N2O5S. The average molecular weight is 392 g/mol. The Morgan fingerprint density at radius 1 is 1.33 bits per heavy atom. The van der Waals surface area contributed by atoms with Crippen LogP contribution in [0.3, 0.4) is 0 Å². The van der Waals surface area contributed by atoms with Crippen LogP contribution in [-0.2, 0) is 16.4 Å². The van der Waals surface area contributed by atoms with Crippen molar-refractivity contribution in [2.24, 2.45) is 5.92 Å². The van der Waals surface area contributed by atoms with Gasteiger partial charge in [-0.05, 0) is 38.0 Å². The smallest absolute Gasteiger partial charge is 0.254 e. The Balaban J connectivity index is 1.49. The summed E-state index contributed by atoms with van der Waals surface area (Å²) in [6.07, 6.45) is 3.29. The minimum Gasteiger partial charge on any atom is -0.472 e. The monoisotopic (exact) mass is 392 g/mol. The van der Waals surface area contributed by atoms with Crippen molar-refractivity contribution < 1.29 is 22.0 Å². The van der Waals surface area contributed by atoms with Gasteiger partial charge in [-0.2, -0.15) is 0 Å². The van der Waals surface area contributed by atoms with Crippen molar-refractivity contribution in [2.75, 3.05) is 18.8 Å². The van der Waals surface area contributed by atoms with Gasteiger partial charge < -0.3 is 14.2 Å². The fourth-order valence-corrected chi connectivity index (χ4v) is 6.34. The largest absolute Gasteiger partial charge is 0.472 e. The molecule has 2 fully saturated rings. The van der Waals surface area contributed by atoms with E-state index in [-0.39, 0.29) is 23.6 Å². The van der Waals surface area contributed by atoms with Gasteiger partial charge in [-0.1, -0.05) is 0 Å². The molecule has 2 aromatic heterocycles. The van der Waals surface area contributed by atoms with E-state index < -0.39 is 15.1 Å². The Morgan fingerprint density at radius 2 is 2.15 bits per heavy atom. The fourth-order valence-electron chi connectivity index (χ4n) is 4.20. The summed E-state index contributed by atoms with van der Waals surface area (Å²) in [4.78, 5) is 14.5.